The molecule has 5 heteroatoms. The molecule has 27 heavy (non-hydrogen) atoms. The van der Waals surface area contributed by atoms with E-state index in [1.807, 2.05) is 30.5 Å². The fraction of sp³-hybridized carbons (Fsp3) is 0.273. The minimum atomic E-state index is 0.683. The van der Waals surface area contributed by atoms with Crippen molar-refractivity contribution in [2.24, 2.45) is 0 Å². The molecule has 0 spiro atoms. The topological polar surface area (TPSA) is 44.3 Å². The van der Waals surface area contributed by atoms with Crippen molar-refractivity contribution in [1.82, 2.24) is 14.9 Å². The summed E-state index contributed by atoms with van der Waals surface area (Å²) in [6.45, 7) is 5.82. The molecule has 0 amide bonds. The molecule has 0 radical (unpaired) electrons. The monoisotopic (exact) mass is 359 g/mol. The number of benzene rings is 2. The molecule has 2 aromatic carbocycles. The number of hydrogen-bond donors (Lipinski definition) is 1. The molecular weight excluding hydrogens is 334 g/mol. The lowest BCUT2D eigenvalue weighted by atomic mass is 10.2. The van der Waals surface area contributed by atoms with Crippen LogP contribution in [0.3, 0.4) is 0 Å². The quantitative estimate of drug-likeness (QED) is 0.731. The Labute approximate surface area is 160 Å². The van der Waals surface area contributed by atoms with Crippen molar-refractivity contribution in [2.75, 3.05) is 36.4 Å². The number of nitrogens with zero attached hydrogens (tertiary/aromatic N) is 4. The van der Waals surface area contributed by atoms with Gasteiger partial charge in [-0.15, -0.1) is 0 Å². The maximum Gasteiger partial charge on any atom is 0.224 e. The molecule has 1 aromatic heterocycles. The van der Waals surface area contributed by atoms with Gasteiger partial charge in [0.1, 0.15) is 5.82 Å². The van der Waals surface area contributed by atoms with Crippen molar-refractivity contribution in [2.45, 2.75) is 13.1 Å². The average Bonchev–Trinajstić information content (AvgIpc) is 2.75. The Morgan fingerprint density at radius 2 is 1.44 bits per heavy atom. The molecule has 1 saturated heterocycles. The van der Waals surface area contributed by atoms with Crippen molar-refractivity contribution in [3.63, 3.8) is 0 Å². The first-order valence-electron chi connectivity index (χ1n) is 9.49. The van der Waals surface area contributed by atoms with Crippen LogP contribution in [0.15, 0.2) is 72.9 Å². The van der Waals surface area contributed by atoms with Gasteiger partial charge in [-0.25, -0.2) is 4.98 Å². The van der Waals surface area contributed by atoms with Gasteiger partial charge in [0.25, 0.3) is 0 Å². The molecule has 1 aliphatic rings. The second-order valence-electron chi connectivity index (χ2n) is 6.83. The van der Waals surface area contributed by atoms with Gasteiger partial charge in [-0.2, -0.15) is 4.98 Å². The summed E-state index contributed by atoms with van der Waals surface area (Å²) in [5, 5.41) is 3.32. The van der Waals surface area contributed by atoms with Crippen LogP contribution in [-0.2, 0) is 13.1 Å². The summed E-state index contributed by atoms with van der Waals surface area (Å²) in [4.78, 5) is 13.9. The number of nitrogens with one attached hydrogen (secondary N) is 1. The minimum Gasteiger partial charge on any atom is -0.354 e. The van der Waals surface area contributed by atoms with Gasteiger partial charge < -0.3 is 10.2 Å². The predicted octanol–water partition coefficient (Wildman–Crippen LogP) is 3.41. The average molecular weight is 359 g/mol. The van der Waals surface area contributed by atoms with E-state index in [0.29, 0.717) is 5.95 Å². The van der Waals surface area contributed by atoms with Crippen molar-refractivity contribution < 1.29 is 0 Å². The number of piperazine rings is 1. The first kappa shape index (κ1) is 17.5. The maximum absolute atomic E-state index is 4.71. The van der Waals surface area contributed by atoms with E-state index in [1.54, 1.807) is 0 Å². The summed E-state index contributed by atoms with van der Waals surface area (Å²) in [7, 11) is 0. The highest BCUT2D eigenvalue weighted by molar-refractivity contribution is 5.43. The summed E-state index contributed by atoms with van der Waals surface area (Å²) in [6, 6.07) is 23.0. The van der Waals surface area contributed by atoms with Crippen LogP contribution in [0.1, 0.15) is 11.1 Å². The molecular formula is C22H25N5. The van der Waals surface area contributed by atoms with Gasteiger partial charge in [0.2, 0.25) is 5.95 Å². The molecule has 0 bridgehead atoms. The Kier molecular flexibility index (Phi) is 5.60. The lowest BCUT2D eigenvalue weighted by molar-refractivity contribution is 0.249. The summed E-state index contributed by atoms with van der Waals surface area (Å²) >= 11 is 0. The molecule has 3 aromatic rings. The van der Waals surface area contributed by atoms with Crippen LogP contribution in [0.5, 0.6) is 0 Å². The minimum absolute atomic E-state index is 0.683. The highest BCUT2D eigenvalue weighted by Crippen LogP contribution is 2.16. The van der Waals surface area contributed by atoms with Crippen molar-refractivity contribution in [3.05, 3.63) is 84.1 Å². The third-order valence-corrected chi connectivity index (χ3v) is 4.88. The molecule has 5 nitrogen and oxygen atoms in total. The standard InChI is InChI=1S/C22H25N5/c1-3-7-19(8-4-1)17-24-22-23-12-11-21(25-22)27-15-13-26(14-16-27)18-20-9-5-2-6-10-20/h1-12H,13-18H2,(H,23,24,25). The van der Waals surface area contributed by atoms with Gasteiger partial charge in [-0.3, -0.25) is 4.90 Å². The fourth-order valence-electron chi connectivity index (χ4n) is 3.36. The first-order chi connectivity index (χ1) is 13.4. The highest BCUT2D eigenvalue weighted by atomic mass is 15.3. The molecule has 0 saturated carbocycles. The van der Waals surface area contributed by atoms with E-state index in [-0.39, 0.29) is 0 Å². The molecule has 138 valence electrons. The lowest BCUT2D eigenvalue weighted by Crippen LogP contribution is -2.46. The zero-order chi connectivity index (χ0) is 18.3. The van der Waals surface area contributed by atoms with Crippen LogP contribution >= 0.6 is 0 Å². The molecule has 0 unspecified atom stereocenters. The van der Waals surface area contributed by atoms with E-state index in [0.717, 1.165) is 45.1 Å². The normalized spacial score (nSPS) is 14.9. The van der Waals surface area contributed by atoms with Gasteiger partial charge in [-0.05, 0) is 17.2 Å². The second kappa shape index (κ2) is 8.64. The van der Waals surface area contributed by atoms with E-state index >= 15 is 0 Å². The summed E-state index contributed by atoms with van der Waals surface area (Å²) in [5.74, 6) is 1.68. The van der Waals surface area contributed by atoms with Crippen LogP contribution in [0, 0.1) is 0 Å². The second-order valence-corrected chi connectivity index (χ2v) is 6.83. The van der Waals surface area contributed by atoms with Crippen LogP contribution in [-0.4, -0.2) is 41.0 Å². The van der Waals surface area contributed by atoms with Gasteiger partial charge in [0, 0.05) is 45.5 Å². The van der Waals surface area contributed by atoms with E-state index in [1.165, 1.54) is 11.1 Å². The van der Waals surface area contributed by atoms with Crippen molar-refractivity contribution >= 4 is 11.8 Å². The van der Waals surface area contributed by atoms with Crippen LogP contribution in [0.4, 0.5) is 11.8 Å². The zero-order valence-electron chi connectivity index (χ0n) is 15.5. The highest BCUT2D eigenvalue weighted by Gasteiger charge is 2.18. The number of anilines is 2. The molecule has 0 aliphatic carbocycles. The summed E-state index contributed by atoms with van der Waals surface area (Å²) < 4.78 is 0. The summed E-state index contributed by atoms with van der Waals surface area (Å²) in [5.41, 5.74) is 2.60. The first-order valence-corrected chi connectivity index (χ1v) is 9.49. The molecule has 0 atom stereocenters. The molecule has 1 aliphatic heterocycles. The van der Waals surface area contributed by atoms with Crippen molar-refractivity contribution in [1.29, 1.82) is 0 Å². The lowest BCUT2D eigenvalue weighted by Gasteiger charge is -2.35. The Morgan fingerprint density at radius 3 is 2.15 bits per heavy atom. The third kappa shape index (κ3) is 4.83. The Bertz CT molecular complexity index is 830. The van der Waals surface area contributed by atoms with Gasteiger partial charge in [0.05, 0.1) is 0 Å². The molecule has 2 heterocycles. The fourth-order valence-corrected chi connectivity index (χ4v) is 3.36. The van der Waals surface area contributed by atoms with Gasteiger partial charge in [0.15, 0.2) is 0 Å². The Balaban J connectivity index is 1.32. The van der Waals surface area contributed by atoms with Crippen LogP contribution < -0.4 is 10.2 Å². The maximum atomic E-state index is 4.71. The van der Waals surface area contributed by atoms with Gasteiger partial charge >= 0.3 is 0 Å². The molecule has 1 N–H and O–H groups in total. The van der Waals surface area contributed by atoms with Crippen molar-refractivity contribution in [3.8, 4) is 0 Å². The SMILES string of the molecule is c1ccc(CNc2nccc(N3CCN(Cc4ccccc4)CC3)n2)cc1. The number of rotatable bonds is 6. The van der Waals surface area contributed by atoms with E-state index in [9.17, 15) is 0 Å². The smallest absolute Gasteiger partial charge is 0.224 e. The Morgan fingerprint density at radius 1 is 0.778 bits per heavy atom. The number of aromatic nitrogens is 2. The van der Waals surface area contributed by atoms with Crippen LogP contribution in [0.2, 0.25) is 0 Å². The largest absolute Gasteiger partial charge is 0.354 e. The van der Waals surface area contributed by atoms with E-state index in [2.05, 4.69) is 62.6 Å². The van der Waals surface area contributed by atoms with E-state index < -0.39 is 0 Å². The van der Waals surface area contributed by atoms with Gasteiger partial charge in [-0.1, -0.05) is 60.7 Å². The van der Waals surface area contributed by atoms with Crippen LogP contribution in [0.25, 0.3) is 0 Å². The molecule has 4 rings (SSSR count). The zero-order valence-corrected chi connectivity index (χ0v) is 15.5. The molecule has 1 fully saturated rings. The third-order valence-electron chi connectivity index (χ3n) is 4.88. The Hall–Kier alpha value is -2.92. The van der Waals surface area contributed by atoms with E-state index in [4.69, 9.17) is 4.98 Å². The predicted molar refractivity (Wildman–Crippen MR) is 110 cm³/mol. The summed E-state index contributed by atoms with van der Waals surface area (Å²) in [6.07, 6.45) is 1.84. The number of hydrogen-bond acceptors (Lipinski definition) is 5.